The molecule has 0 aliphatic carbocycles. The molecule has 0 aromatic heterocycles. The highest BCUT2D eigenvalue weighted by atomic mass is 16.5. The Bertz CT molecular complexity index is 211. The second-order valence-corrected chi connectivity index (χ2v) is 4.72. The summed E-state index contributed by atoms with van der Waals surface area (Å²) in [6, 6.07) is 1.10. The number of carbonyl (C=O) groups is 1. The van der Waals surface area contributed by atoms with Crippen LogP contribution in [0.1, 0.15) is 33.1 Å². The summed E-state index contributed by atoms with van der Waals surface area (Å²) >= 11 is 0. The second-order valence-electron chi connectivity index (χ2n) is 4.72. The quantitative estimate of drug-likeness (QED) is 0.763. The molecule has 1 saturated heterocycles. The lowest BCUT2D eigenvalue weighted by Crippen LogP contribution is -2.46. The largest absolute Gasteiger partial charge is 0.384 e. The summed E-state index contributed by atoms with van der Waals surface area (Å²) in [7, 11) is 1.63. The van der Waals surface area contributed by atoms with Crippen molar-refractivity contribution in [1.82, 2.24) is 10.2 Å². The molecular formula is C12H24N2O2. The van der Waals surface area contributed by atoms with E-state index in [0.29, 0.717) is 25.1 Å². The highest BCUT2D eigenvalue weighted by Gasteiger charge is 2.22. The van der Waals surface area contributed by atoms with Gasteiger partial charge in [-0.2, -0.15) is 0 Å². The van der Waals surface area contributed by atoms with E-state index < -0.39 is 0 Å². The molecule has 1 heterocycles. The molecule has 94 valence electrons. The summed E-state index contributed by atoms with van der Waals surface area (Å²) in [6.07, 6.45) is 2.65. The van der Waals surface area contributed by atoms with Gasteiger partial charge < -0.3 is 15.0 Å². The van der Waals surface area contributed by atoms with Crippen molar-refractivity contribution in [3.63, 3.8) is 0 Å². The van der Waals surface area contributed by atoms with Crippen molar-refractivity contribution in [3.05, 3.63) is 0 Å². The van der Waals surface area contributed by atoms with Crippen molar-refractivity contribution < 1.29 is 9.53 Å². The number of methoxy groups -OCH3 is 1. The highest BCUT2D eigenvalue weighted by molar-refractivity contribution is 5.76. The molecule has 1 fully saturated rings. The van der Waals surface area contributed by atoms with Gasteiger partial charge in [-0.05, 0) is 12.8 Å². The van der Waals surface area contributed by atoms with Gasteiger partial charge in [-0.25, -0.2) is 0 Å². The minimum Gasteiger partial charge on any atom is -0.384 e. The monoisotopic (exact) mass is 228 g/mol. The number of nitrogens with one attached hydrogen (secondary N) is 1. The lowest BCUT2D eigenvalue weighted by molar-refractivity contribution is -0.133. The lowest BCUT2D eigenvalue weighted by atomic mass is 10.0. The molecule has 1 aliphatic rings. The van der Waals surface area contributed by atoms with Gasteiger partial charge in [0.25, 0.3) is 0 Å². The van der Waals surface area contributed by atoms with Crippen LogP contribution < -0.4 is 5.32 Å². The van der Waals surface area contributed by atoms with Gasteiger partial charge in [0.1, 0.15) is 0 Å². The van der Waals surface area contributed by atoms with Gasteiger partial charge in [0.15, 0.2) is 0 Å². The summed E-state index contributed by atoms with van der Waals surface area (Å²) in [5.74, 6) is 0.227. The van der Waals surface area contributed by atoms with Gasteiger partial charge in [0, 0.05) is 32.3 Å². The number of likely N-dealkylation sites (tertiary alicyclic amines) is 1. The molecule has 4 heteroatoms. The summed E-state index contributed by atoms with van der Waals surface area (Å²) in [6.45, 7) is 6.62. The van der Waals surface area contributed by atoms with Crippen molar-refractivity contribution in [1.29, 1.82) is 0 Å². The van der Waals surface area contributed by atoms with Crippen LogP contribution in [0.25, 0.3) is 0 Å². The fourth-order valence-corrected chi connectivity index (χ4v) is 2.11. The fraction of sp³-hybridized carbons (Fsp3) is 0.917. The lowest BCUT2D eigenvalue weighted by Gasteiger charge is -2.33. The number of hydrogen-bond acceptors (Lipinski definition) is 3. The molecule has 1 amide bonds. The van der Waals surface area contributed by atoms with Gasteiger partial charge in [0.05, 0.1) is 13.0 Å². The van der Waals surface area contributed by atoms with Crippen molar-refractivity contribution in [2.24, 2.45) is 0 Å². The molecule has 1 rings (SSSR count). The Morgan fingerprint density at radius 3 is 2.56 bits per heavy atom. The minimum atomic E-state index is 0.227. The Morgan fingerprint density at radius 1 is 1.44 bits per heavy atom. The van der Waals surface area contributed by atoms with E-state index in [1.165, 1.54) is 0 Å². The molecule has 1 aliphatic heterocycles. The van der Waals surface area contributed by atoms with Crippen LogP contribution in [-0.4, -0.2) is 49.7 Å². The number of ether oxygens (including phenoxy) is 1. The molecule has 1 N–H and O–H groups in total. The number of hydrogen-bond donors (Lipinski definition) is 1. The van der Waals surface area contributed by atoms with Gasteiger partial charge in [-0.15, -0.1) is 0 Å². The molecule has 4 nitrogen and oxygen atoms in total. The third-order valence-electron chi connectivity index (χ3n) is 2.94. The number of piperidine rings is 1. The van der Waals surface area contributed by atoms with Gasteiger partial charge in [-0.1, -0.05) is 13.8 Å². The molecule has 0 aromatic carbocycles. The Hall–Kier alpha value is -0.610. The average Bonchev–Trinajstić information content (AvgIpc) is 2.26. The molecule has 0 atom stereocenters. The first-order chi connectivity index (χ1) is 7.63. The first-order valence-corrected chi connectivity index (χ1v) is 6.16. The van der Waals surface area contributed by atoms with Crippen LogP contribution in [-0.2, 0) is 9.53 Å². The van der Waals surface area contributed by atoms with Gasteiger partial charge in [-0.3, -0.25) is 4.79 Å². The number of carbonyl (C=O) groups excluding carboxylic acids is 1. The van der Waals surface area contributed by atoms with Crippen LogP contribution in [0.15, 0.2) is 0 Å². The molecule has 0 radical (unpaired) electrons. The smallest absolute Gasteiger partial charge is 0.224 e. The molecule has 0 spiro atoms. The third kappa shape index (κ3) is 4.49. The molecule has 0 saturated carbocycles. The third-order valence-corrected chi connectivity index (χ3v) is 2.94. The predicted molar refractivity (Wildman–Crippen MR) is 64.4 cm³/mol. The molecule has 0 aromatic rings. The molecular weight excluding hydrogens is 204 g/mol. The van der Waals surface area contributed by atoms with Crippen LogP contribution in [0.3, 0.4) is 0 Å². The first-order valence-electron chi connectivity index (χ1n) is 6.16. The Labute approximate surface area is 98.3 Å². The van der Waals surface area contributed by atoms with Crippen LogP contribution in [0.2, 0.25) is 0 Å². The Kier molecular flexibility index (Phi) is 5.77. The van der Waals surface area contributed by atoms with E-state index in [1.54, 1.807) is 7.11 Å². The van der Waals surface area contributed by atoms with Gasteiger partial charge in [0.2, 0.25) is 5.91 Å². The van der Waals surface area contributed by atoms with E-state index in [-0.39, 0.29) is 5.91 Å². The van der Waals surface area contributed by atoms with E-state index in [1.807, 2.05) is 4.90 Å². The SMILES string of the molecule is COCCC(=O)N1CCC(NC(C)C)CC1. The molecule has 0 unspecified atom stereocenters. The summed E-state index contributed by atoms with van der Waals surface area (Å²) in [4.78, 5) is 13.7. The number of amides is 1. The van der Waals surface area contributed by atoms with Crippen LogP contribution in [0.5, 0.6) is 0 Å². The van der Waals surface area contributed by atoms with Crippen LogP contribution in [0, 0.1) is 0 Å². The average molecular weight is 228 g/mol. The maximum absolute atomic E-state index is 11.7. The number of rotatable bonds is 5. The Balaban J connectivity index is 2.23. The summed E-state index contributed by atoms with van der Waals surface area (Å²) < 4.78 is 4.92. The van der Waals surface area contributed by atoms with E-state index in [2.05, 4.69) is 19.2 Å². The van der Waals surface area contributed by atoms with E-state index in [0.717, 1.165) is 25.9 Å². The molecule has 0 bridgehead atoms. The van der Waals surface area contributed by atoms with Gasteiger partial charge >= 0.3 is 0 Å². The Morgan fingerprint density at radius 2 is 2.06 bits per heavy atom. The normalized spacial score (nSPS) is 18.1. The van der Waals surface area contributed by atoms with E-state index >= 15 is 0 Å². The first kappa shape index (κ1) is 13.5. The van der Waals surface area contributed by atoms with Crippen molar-refractivity contribution >= 4 is 5.91 Å². The maximum atomic E-state index is 11.7. The summed E-state index contributed by atoms with van der Waals surface area (Å²) in [5.41, 5.74) is 0. The topological polar surface area (TPSA) is 41.6 Å². The second kappa shape index (κ2) is 6.86. The van der Waals surface area contributed by atoms with Crippen molar-refractivity contribution in [3.8, 4) is 0 Å². The van der Waals surface area contributed by atoms with Crippen molar-refractivity contribution in [2.45, 2.75) is 45.2 Å². The maximum Gasteiger partial charge on any atom is 0.224 e. The summed E-state index contributed by atoms with van der Waals surface area (Å²) in [5, 5.41) is 3.52. The zero-order valence-corrected chi connectivity index (χ0v) is 10.7. The standard InChI is InChI=1S/C12H24N2O2/c1-10(2)13-11-4-7-14(8-5-11)12(15)6-9-16-3/h10-11,13H,4-9H2,1-3H3. The van der Waals surface area contributed by atoms with Crippen molar-refractivity contribution in [2.75, 3.05) is 26.8 Å². The highest BCUT2D eigenvalue weighted by Crippen LogP contribution is 2.12. The zero-order chi connectivity index (χ0) is 12.0. The van der Waals surface area contributed by atoms with Crippen LogP contribution >= 0.6 is 0 Å². The minimum absolute atomic E-state index is 0.227. The number of nitrogens with zero attached hydrogens (tertiary/aromatic N) is 1. The zero-order valence-electron chi connectivity index (χ0n) is 10.7. The molecule has 16 heavy (non-hydrogen) atoms. The van der Waals surface area contributed by atoms with E-state index in [9.17, 15) is 4.79 Å². The predicted octanol–water partition coefficient (Wildman–Crippen LogP) is 1.01. The fourth-order valence-electron chi connectivity index (χ4n) is 2.11. The van der Waals surface area contributed by atoms with E-state index in [4.69, 9.17) is 4.74 Å². The van der Waals surface area contributed by atoms with Crippen LogP contribution in [0.4, 0.5) is 0 Å².